The van der Waals surface area contributed by atoms with Crippen LogP contribution in [-0.4, -0.2) is 18.1 Å². The van der Waals surface area contributed by atoms with Gasteiger partial charge in [0.1, 0.15) is 6.10 Å². The smallest absolute Gasteiger partial charge is 0.305 e. The summed E-state index contributed by atoms with van der Waals surface area (Å²) in [5, 5.41) is 1.11. The largest absolute Gasteiger partial charge is 0.483 e. The van der Waals surface area contributed by atoms with Crippen molar-refractivity contribution < 1.29 is 14.3 Å². The standard InChI is InChI=1S/C26H26N2O3/c1-17(19-6-4-3-5-7-19)31-26-22(20-9-10-24-21(16-20)12-13-28-24)14-18(15-23(26)27)8-11-25(29)30-2/h3-7,9-10,12-17,28H,8,11,27H2,1-2H3. The van der Waals surface area contributed by atoms with E-state index in [1.54, 1.807) is 0 Å². The fraction of sp³-hybridized carbons (Fsp3) is 0.192. The maximum Gasteiger partial charge on any atom is 0.305 e. The molecule has 0 aliphatic rings. The lowest BCUT2D eigenvalue weighted by Gasteiger charge is -2.21. The van der Waals surface area contributed by atoms with Crippen molar-refractivity contribution in [3.05, 3.63) is 84.1 Å². The zero-order valence-electron chi connectivity index (χ0n) is 17.7. The molecule has 4 aromatic rings. The summed E-state index contributed by atoms with van der Waals surface area (Å²) in [5.41, 5.74) is 12.0. The molecular weight excluding hydrogens is 388 g/mol. The monoisotopic (exact) mass is 414 g/mol. The number of hydrogen-bond acceptors (Lipinski definition) is 4. The summed E-state index contributed by atoms with van der Waals surface area (Å²) in [6.07, 6.45) is 2.60. The normalized spacial score (nSPS) is 11.9. The number of esters is 1. The molecule has 5 nitrogen and oxygen atoms in total. The molecule has 0 saturated heterocycles. The van der Waals surface area contributed by atoms with E-state index in [9.17, 15) is 4.79 Å². The molecule has 0 aliphatic heterocycles. The van der Waals surface area contributed by atoms with Crippen LogP contribution in [0.3, 0.4) is 0 Å². The lowest BCUT2D eigenvalue weighted by Crippen LogP contribution is -2.07. The van der Waals surface area contributed by atoms with Crippen LogP contribution in [0.15, 0.2) is 72.9 Å². The van der Waals surface area contributed by atoms with Gasteiger partial charge in [-0.05, 0) is 65.8 Å². The molecule has 1 unspecified atom stereocenters. The fourth-order valence-corrected chi connectivity index (χ4v) is 3.74. The van der Waals surface area contributed by atoms with E-state index in [1.807, 2.05) is 61.7 Å². The SMILES string of the molecule is COC(=O)CCc1cc(N)c(OC(C)c2ccccc2)c(-c2ccc3[nH]ccc3c2)c1. The molecule has 0 amide bonds. The zero-order valence-corrected chi connectivity index (χ0v) is 17.7. The highest BCUT2D eigenvalue weighted by molar-refractivity contribution is 5.88. The molecule has 3 N–H and O–H groups in total. The Kier molecular flexibility index (Phi) is 5.94. The average Bonchev–Trinajstić information content (AvgIpc) is 3.27. The number of hydrogen-bond donors (Lipinski definition) is 2. The average molecular weight is 415 g/mol. The Bertz CT molecular complexity index is 1200. The lowest BCUT2D eigenvalue weighted by atomic mass is 9.97. The number of anilines is 1. The van der Waals surface area contributed by atoms with Crippen molar-refractivity contribution in [3.63, 3.8) is 0 Å². The Morgan fingerprint density at radius 3 is 2.65 bits per heavy atom. The minimum Gasteiger partial charge on any atom is -0.483 e. The third-order valence-electron chi connectivity index (χ3n) is 5.45. The second-order valence-corrected chi connectivity index (χ2v) is 7.59. The molecule has 0 bridgehead atoms. The van der Waals surface area contributed by atoms with E-state index in [2.05, 4.69) is 23.2 Å². The van der Waals surface area contributed by atoms with E-state index in [-0.39, 0.29) is 12.1 Å². The number of ether oxygens (including phenoxy) is 2. The molecule has 31 heavy (non-hydrogen) atoms. The number of H-pyrrole nitrogens is 1. The number of fused-ring (bicyclic) bond motifs is 1. The summed E-state index contributed by atoms with van der Waals surface area (Å²) in [6.45, 7) is 2.01. The van der Waals surface area contributed by atoms with Crippen molar-refractivity contribution in [1.82, 2.24) is 4.98 Å². The van der Waals surface area contributed by atoms with Gasteiger partial charge in [-0.15, -0.1) is 0 Å². The van der Waals surface area contributed by atoms with Crippen molar-refractivity contribution in [1.29, 1.82) is 0 Å². The van der Waals surface area contributed by atoms with Gasteiger partial charge in [0.25, 0.3) is 0 Å². The third-order valence-corrected chi connectivity index (χ3v) is 5.45. The van der Waals surface area contributed by atoms with E-state index in [0.29, 0.717) is 24.3 Å². The zero-order chi connectivity index (χ0) is 21.8. The summed E-state index contributed by atoms with van der Waals surface area (Å²) in [7, 11) is 1.40. The minimum atomic E-state index is -0.244. The van der Waals surface area contributed by atoms with Gasteiger partial charge in [-0.25, -0.2) is 0 Å². The van der Waals surface area contributed by atoms with Crippen LogP contribution in [0.2, 0.25) is 0 Å². The molecule has 3 aromatic carbocycles. The number of carbonyl (C=O) groups is 1. The minimum absolute atomic E-state index is 0.167. The summed E-state index contributed by atoms with van der Waals surface area (Å²) in [6, 6.07) is 22.2. The number of benzene rings is 3. The first-order valence-electron chi connectivity index (χ1n) is 10.3. The molecule has 1 heterocycles. The van der Waals surface area contributed by atoms with Crippen LogP contribution in [0.25, 0.3) is 22.0 Å². The van der Waals surface area contributed by atoms with Crippen molar-refractivity contribution in [3.8, 4) is 16.9 Å². The van der Waals surface area contributed by atoms with Crippen molar-refractivity contribution >= 4 is 22.6 Å². The topological polar surface area (TPSA) is 77.3 Å². The first-order valence-corrected chi connectivity index (χ1v) is 10.3. The number of rotatable bonds is 7. The van der Waals surface area contributed by atoms with Crippen LogP contribution in [-0.2, 0) is 16.0 Å². The second kappa shape index (κ2) is 8.96. The summed E-state index contributed by atoms with van der Waals surface area (Å²) in [5.74, 6) is 0.403. The van der Waals surface area contributed by atoms with Gasteiger partial charge in [0, 0.05) is 23.7 Å². The number of methoxy groups -OCH3 is 1. The molecule has 0 aliphatic carbocycles. The Morgan fingerprint density at radius 2 is 1.87 bits per heavy atom. The summed E-state index contributed by atoms with van der Waals surface area (Å²) in [4.78, 5) is 14.9. The first kappa shape index (κ1) is 20.5. The maximum absolute atomic E-state index is 11.6. The van der Waals surface area contributed by atoms with Gasteiger partial charge in [0.2, 0.25) is 0 Å². The molecule has 158 valence electrons. The maximum atomic E-state index is 11.6. The number of carbonyl (C=O) groups excluding carboxylic acids is 1. The van der Waals surface area contributed by atoms with E-state index in [4.69, 9.17) is 15.2 Å². The van der Waals surface area contributed by atoms with Gasteiger partial charge in [0.05, 0.1) is 12.8 Å². The number of aryl methyl sites for hydroxylation is 1. The Balaban J connectivity index is 1.75. The quantitative estimate of drug-likeness (QED) is 0.302. The number of nitrogens with two attached hydrogens (primary N) is 1. The van der Waals surface area contributed by atoms with Crippen molar-refractivity contribution in [2.24, 2.45) is 0 Å². The van der Waals surface area contributed by atoms with Crippen molar-refractivity contribution in [2.45, 2.75) is 25.9 Å². The fourth-order valence-electron chi connectivity index (χ4n) is 3.74. The van der Waals surface area contributed by atoms with Gasteiger partial charge in [-0.3, -0.25) is 4.79 Å². The Hall–Kier alpha value is -3.73. The van der Waals surface area contributed by atoms with Crippen LogP contribution in [0.5, 0.6) is 5.75 Å². The van der Waals surface area contributed by atoms with E-state index >= 15 is 0 Å². The van der Waals surface area contributed by atoms with Crippen LogP contribution in [0.1, 0.15) is 30.6 Å². The Morgan fingerprint density at radius 1 is 1.06 bits per heavy atom. The van der Waals surface area contributed by atoms with Crippen LogP contribution in [0.4, 0.5) is 5.69 Å². The molecule has 0 radical (unpaired) electrons. The van der Waals surface area contributed by atoms with E-state index in [0.717, 1.165) is 33.2 Å². The summed E-state index contributed by atoms with van der Waals surface area (Å²) >= 11 is 0. The molecule has 1 aromatic heterocycles. The predicted molar refractivity (Wildman–Crippen MR) is 124 cm³/mol. The van der Waals surface area contributed by atoms with Crippen LogP contribution in [0, 0.1) is 0 Å². The highest BCUT2D eigenvalue weighted by Crippen LogP contribution is 2.40. The first-order chi connectivity index (χ1) is 15.0. The van der Waals surface area contributed by atoms with Crippen molar-refractivity contribution in [2.75, 3.05) is 12.8 Å². The van der Waals surface area contributed by atoms with Crippen LogP contribution >= 0.6 is 0 Å². The third kappa shape index (κ3) is 4.56. The van der Waals surface area contributed by atoms with Gasteiger partial charge in [0.15, 0.2) is 5.75 Å². The lowest BCUT2D eigenvalue weighted by molar-refractivity contribution is -0.140. The molecule has 4 rings (SSSR count). The van der Waals surface area contributed by atoms with Gasteiger partial charge in [-0.2, -0.15) is 0 Å². The number of aromatic amines is 1. The molecular formula is C26H26N2O3. The number of nitrogens with one attached hydrogen (secondary N) is 1. The van der Waals surface area contributed by atoms with E-state index < -0.39 is 0 Å². The summed E-state index contributed by atoms with van der Waals surface area (Å²) < 4.78 is 11.2. The van der Waals surface area contributed by atoms with Gasteiger partial charge in [-0.1, -0.05) is 36.4 Å². The van der Waals surface area contributed by atoms with Crippen LogP contribution < -0.4 is 10.5 Å². The van der Waals surface area contributed by atoms with Gasteiger partial charge >= 0.3 is 5.97 Å². The molecule has 1 atom stereocenters. The molecule has 0 fully saturated rings. The highest BCUT2D eigenvalue weighted by Gasteiger charge is 2.17. The highest BCUT2D eigenvalue weighted by atomic mass is 16.5. The predicted octanol–water partition coefficient (Wildman–Crippen LogP) is 5.66. The van der Waals surface area contributed by atoms with Gasteiger partial charge < -0.3 is 20.2 Å². The number of aromatic nitrogens is 1. The van der Waals surface area contributed by atoms with E-state index in [1.165, 1.54) is 7.11 Å². The molecule has 5 heteroatoms. The molecule has 0 saturated carbocycles. The second-order valence-electron chi connectivity index (χ2n) is 7.59. The number of nitrogen functional groups attached to an aromatic ring is 1. The Labute approximate surface area is 181 Å². The molecule has 0 spiro atoms.